The number of aromatic nitrogens is 8. The zero-order chi connectivity index (χ0) is 39.5. The number of alkyl halides is 3. The molecule has 286 valence electrons. The Balaban J connectivity index is 0.000000256. The second kappa shape index (κ2) is 17.9. The molecule has 0 amide bonds. The molecule has 0 aliphatic heterocycles. The Bertz CT molecular complexity index is 2170. The van der Waals surface area contributed by atoms with Crippen LogP contribution in [-0.2, 0) is 45.9 Å². The fourth-order valence-corrected chi connectivity index (χ4v) is 5.64. The average Bonchev–Trinajstić information content (AvgIpc) is 3.82. The Kier molecular flexibility index (Phi) is 12.9. The predicted molar refractivity (Wildman–Crippen MR) is 190 cm³/mol. The van der Waals surface area contributed by atoms with E-state index >= 15 is 0 Å². The van der Waals surface area contributed by atoms with E-state index in [1.165, 1.54) is 35.7 Å². The lowest BCUT2D eigenvalue weighted by atomic mass is 9.95. The van der Waals surface area contributed by atoms with Crippen molar-refractivity contribution in [2.45, 2.75) is 37.5 Å². The van der Waals surface area contributed by atoms with Gasteiger partial charge in [-0.3, -0.25) is 9.59 Å². The summed E-state index contributed by atoms with van der Waals surface area (Å²) in [5, 5.41) is 32.1. The van der Waals surface area contributed by atoms with Gasteiger partial charge < -0.3 is 19.3 Å². The molecule has 0 unspecified atom stereocenters. The van der Waals surface area contributed by atoms with Crippen LogP contribution in [0.2, 0.25) is 0 Å². The molecule has 0 spiro atoms. The molecule has 6 rings (SSSR count). The molecule has 0 radical (unpaired) electrons. The lowest BCUT2D eigenvalue weighted by molar-refractivity contribution is -0.141. The van der Waals surface area contributed by atoms with E-state index in [1.807, 2.05) is 36.4 Å². The molecule has 1 N–H and O–H groups in total. The van der Waals surface area contributed by atoms with Gasteiger partial charge in [0.05, 0.1) is 44.5 Å². The Labute approximate surface area is 313 Å². The average molecular weight is 759 g/mol. The number of methoxy groups -OCH3 is 2. The van der Waals surface area contributed by atoms with Crippen molar-refractivity contribution in [2.75, 3.05) is 14.2 Å². The molecule has 0 saturated carbocycles. The standard InChI is InChI=1S/C26H23F3N4O3.C12H14N4O3/c1-33-25(30-31-32-33)23(15-24(34)35-2)19-8-12-22(13-9-19)36-16-17-4-3-5-20(14-17)18-6-10-21(11-7-18)26(27,28)29;1-16-12(13-14-15-16)10(7-11(18)19-2)8-3-5-9(17)6-4-8/h3-14,23H,15-16H2,1-2H3;3-6,10,17H,7H2,1-2H3/t23-;10-/m00/s1. The van der Waals surface area contributed by atoms with Gasteiger partial charge in [0.15, 0.2) is 11.6 Å². The van der Waals surface area contributed by atoms with Crippen molar-refractivity contribution in [3.63, 3.8) is 0 Å². The van der Waals surface area contributed by atoms with Gasteiger partial charge in [-0.1, -0.05) is 54.6 Å². The van der Waals surface area contributed by atoms with Crippen LogP contribution in [0.5, 0.6) is 11.5 Å². The minimum absolute atomic E-state index is 0.0850. The fraction of sp³-hybridized carbons (Fsp3) is 0.263. The minimum atomic E-state index is -4.37. The summed E-state index contributed by atoms with van der Waals surface area (Å²) in [7, 11) is 6.08. The van der Waals surface area contributed by atoms with E-state index in [0.717, 1.165) is 34.4 Å². The molecule has 0 aliphatic rings. The maximum absolute atomic E-state index is 12.8. The Morgan fingerprint density at radius 3 is 1.67 bits per heavy atom. The second-order valence-corrected chi connectivity index (χ2v) is 12.2. The zero-order valence-corrected chi connectivity index (χ0v) is 30.2. The number of aryl methyl sites for hydroxylation is 2. The normalized spacial score (nSPS) is 12.2. The van der Waals surface area contributed by atoms with Crippen molar-refractivity contribution in [1.29, 1.82) is 0 Å². The van der Waals surface area contributed by atoms with Gasteiger partial charge in [-0.25, -0.2) is 9.36 Å². The van der Waals surface area contributed by atoms with Gasteiger partial charge in [-0.05, 0) is 91.1 Å². The third kappa shape index (κ3) is 10.5. The van der Waals surface area contributed by atoms with Crippen LogP contribution in [0.4, 0.5) is 13.2 Å². The number of phenolic OH excluding ortho intramolecular Hbond substituents is 1. The number of hydrogen-bond donors (Lipinski definition) is 1. The molecule has 4 aromatic carbocycles. The Morgan fingerprint density at radius 1 is 0.709 bits per heavy atom. The molecule has 0 bridgehead atoms. The second-order valence-electron chi connectivity index (χ2n) is 12.2. The highest BCUT2D eigenvalue weighted by molar-refractivity contribution is 5.71. The molecule has 55 heavy (non-hydrogen) atoms. The topological polar surface area (TPSA) is 169 Å². The number of carbonyl (C=O) groups is 2. The van der Waals surface area contributed by atoms with E-state index < -0.39 is 11.7 Å². The third-order valence-corrected chi connectivity index (χ3v) is 8.58. The van der Waals surface area contributed by atoms with Crippen molar-refractivity contribution >= 4 is 11.9 Å². The molecule has 2 aromatic heterocycles. The van der Waals surface area contributed by atoms with Gasteiger partial charge in [0.1, 0.15) is 18.1 Å². The van der Waals surface area contributed by atoms with Crippen LogP contribution in [0.25, 0.3) is 11.1 Å². The van der Waals surface area contributed by atoms with Gasteiger partial charge in [0.2, 0.25) is 0 Å². The number of carbonyl (C=O) groups excluding carboxylic acids is 2. The maximum Gasteiger partial charge on any atom is 0.416 e. The number of hydrogen-bond acceptors (Lipinski definition) is 12. The van der Waals surface area contributed by atoms with E-state index in [-0.39, 0.29) is 49.0 Å². The van der Waals surface area contributed by atoms with Crippen molar-refractivity contribution in [2.24, 2.45) is 14.1 Å². The SMILES string of the molecule is COC(=O)C[C@@H](c1ccc(O)cc1)c1nnnn1C.COC(=O)C[C@@H](c1ccc(OCc2cccc(-c3ccc(C(F)(F)F)cc3)c2)cc1)c1nnnn1C. The highest BCUT2D eigenvalue weighted by Gasteiger charge is 2.30. The Morgan fingerprint density at radius 2 is 1.22 bits per heavy atom. The van der Waals surface area contributed by atoms with Crippen LogP contribution in [0.3, 0.4) is 0 Å². The van der Waals surface area contributed by atoms with Gasteiger partial charge >= 0.3 is 18.1 Å². The van der Waals surface area contributed by atoms with E-state index in [1.54, 1.807) is 50.5 Å². The van der Waals surface area contributed by atoms with Crippen molar-refractivity contribution in [3.05, 3.63) is 131 Å². The summed E-state index contributed by atoms with van der Waals surface area (Å²) >= 11 is 0. The molecule has 2 atom stereocenters. The summed E-state index contributed by atoms with van der Waals surface area (Å²) in [6.07, 6.45) is -4.15. The largest absolute Gasteiger partial charge is 0.508 e. The molecule has 14 nitrogen and oxygen atoms in total. The van der Waals surface area contributed by atoms with E-state index in [2.05, 4.69) is 31.1 Å². The predicted octanol–water partition coefficient (Wildman–Crippen LogP) is 5.78. The summed E-state index contributed by atoms with van der Waals surface area (Å²) in [4.78, 5) is 23.5. The summed E-state index contributed by atoms with van der Waals surface area (Å²) in [5.41, 5.74) is 3.33. The van der Waals surface area contributed by atoms with Gasteiger partial charge in [-0.15, -0.1) is 10.2 Å². The molecule has 2 heterocycles. The number of esters is 2. The quantitative estimate of drug-likeness (QED) is 0.150. The summed E-state index contributed by atoms with van der Waals surface area (Å²) in [6.45, 7) is 0.270. The number of nitrogens with zero attached hydrogens (tertiary/aromatic N) is 8. The highest BCUT2D eigenvalue weighted by Crippen LogP contribution is 2.32. The number of halogens is 3. The smallest absolute Gasteiger partial charge is 0.416 e. The first-order chi connectivity index (χ1) is 26.4. The van der Waals surface area contributed by atoms with Crippen molar-refractivity contribution in [1.82, 2.24) is 40.4 Å². The highest BCUT2D eigenvalue weighted by atomic mass is 19.4. The zero-order valence-electron chi connectivity index (χ0n) is 30.2. The number of benzene rings is 4. The number of ether oxygens (including phenoxy) is 3. The minimum Gasteiger partial charge on any atom is -0.508 e. The number of tetrazole rings is 2. The van der Waals surface area contributed by atoms with Gasteiger partial charge in [-0.2, -0.15) is 13.2 Å². The fourth-order valence-electron chi connectivity index (χ4n) is 5.64. The first-order valence-corrected chi connectivity index (χ1v) is 16.7. The summed E-state index contributed by atoms with van der Waals surface area (Å²) < 4.78 is 57.0. The number of phenols is 1. The lowest BCUT2D eigenvalue weighted by Crippen LogP contribution is -2.14. The molecular formula is C38H37F3N8O6. The van der Waals surface area contributed by atoms with Crippen LogP contribution >= 0.6 is 0 Å². The van der Waals surface area contributed by atoms with E-state index in [0.29, 0.717) is 23.0 Å². The molecule has 17 heteroatoms. The molecule has 0 saturated heterocycles. The van der Waals surface area contributed by atoms with Gasteiger partial charge in [0, 0.05) is 14.1 Å². The van der Waals surface area contributed by atoms with E-state index in [9.17, 15) is 27.9 Å². The van der Waals surface area contributed by atoms with E-state index in [4.69, 9.17) is 14.2 Å². The van der Waals surface area contributed by atoms with Crippen LogP contribution in [0.15, 0.2) is 97.1 Å². The summed E-state index contributed by atoms with van der Waals surface area (Å²) in [5.74, 6) is 0.464. The first kappa shape index (κ1) is 39.6. The molecule has 0 fully saturated rings. The number of rotatable bonds is 12. The molecular weight excluding hydrogens is 721 g/mol. The van der Waals surface area contributed by atoms with Crippen molar-refractivity contribution < 1.29 is 42.1 Å². The van der Waals surface area contributed by atoms with Crippen LogP contribution < -0.4 is 4.74 Å². The van der Waals surface area contributed by atoms with Crippen LogP contribution in [0.1, 0.15) is 58.6 Å². The maximum atomic E-state index is 12.8. The lowest BCUT2D eigenvalue weighted by Gasteiger charge is -2.15. The number of aromatic hydroxyl groups is 1. The van der Waals surface area contributed by atoms with Crippen LogP contribution in [-0.4, -0.2) is 71.7 Å². The van der Waals surface area contributed by atoms with Gasteiger partial charge in [0.25, 0.3) is 0 Å². The Hall–Kier alpha value is -6.65. The molecule has 0 aliphatic carbocycles. The first-order valence-electron chi connectivity index (χ1n) is 16.7. The summed E-state index contributed by atoms with van der Waals surface area (Å²) in [6, 6.07) is 26.4. The molecule has 6 aromatic rings. The van der Waals surface area contributed by atoms with Crippen molar-refractivity contribution in [3.8, 4) is 22.6 Å². The third-order valence-electron chi connectivity index (χ3n) is 8.58. The monoisotopic (exact) mass is 758 g/mol. The van der Waals surface area contributed by atoms with Crippen LogP contribution in [0, 0.1) is 0 Å².